The molecule has 0 spiro atoms. The van der Waals surface area contributed by atoms with Crippen LogP contribution in [-0.2, 0) is 0 Å². The maximum atomic E-state index is 6.41. The molecule has 36 heavy (non-hydrogen) atoms. The van der Waals surface area contributed by atoms with Gasteiger partial charge in [0.15, 0.2) is 0 Å². The van der Waals surface area contributed by atoms with Crippen molar-refractivity contribution in [1.29, 1.82) is 0 Å². The zero-order chi connectivity index (χ0) is 24.6. The molecule has 3 aromatic heterocycles. The van der Waals surface area contributed by atoms with Gasteiger partial charge in [-0.25, -0.2) is 15.0 Å². The Kier molecular flexibility index (Phi) is 5.77. The van der Waals surface area contributed by atoms with Gasteiger partial charge in [0.2, 0.25) is 5.88 Å². The number of anilines is 1. The molecule has 3 heterocycles. The Morgan fingerprint density at radius 1 is 1.00 bits per heavy atom. The van der Waals surface area contributed by atoms with Gasteiger partial charge < -0.3 is 20.8 Å². The van der Waals surface area contributed by atoms with Crippen molar-refractivity contribution in [2.75, 3.05) is 12.3 Å². The van der Waals surface area contributed by atoms with Gasteiger partial charge in [0, 0.05) is 29.3 Å². The van der Waals surface area contributed by atoms with Crippen LogP contribution >= 0.6 is 0 Å². The Hall–Kier alpha value is -3.97. The minimum Gasteiger partial charge on any atom is -0.439 e. The monoisotopic (exact) mass is 478 g/mol. The molecule has 0 radical (unpaired) electrons. The molecule has 1 aliphatic carbocycles. The molecule has 2 aromatic carbocycles. The average molecular weight is 479 g/mol. The van der Waals surface area contributed by atoms with Crippen LogP contribution < -0.4 is 16.2 Å². The Labute approximate surface area is 210 Å². The molecule has 1 saturated carbocycles. The van der Waals surface area contributed by atoms with E-state index in [1.165, 1.54) is 0 Å². The van der Waals surface area contributed by atoms with Crippen LogP contribution in [0.4, 0.5) is 5.82 Å². The normalized spacial score (nSPS) is 18.1. The third kappa shape index (κ3) is 4.05. The summed E-state index contributed by atoms with van der Waals surface area (Å²) in [4.78, 5) is 13.8. The molecule has 4 N–H and O–H groups in total. The lowest BCUT2D eigenvalue weighted by Crippen LogP contribution is -2.23. The summed E-state index contributed by atoms with van der Waals surface area (Å²) in [5, 5.41) is 1.98. The summed E-state index contributed by atoms with van der Waals surface area (Å²) in [6, 6.07) is 18.4. The van der Waals surface area contributed by atoms with Crippen LogP contribution in [0, 0.1) is 12.8 Å². The Bertz CT molecular complexity index is 1540. The molecular formula is C29H30N6O. The molecule has 0 aliphatic heterocycles. The molecule has 1 aliphatic rings. The number of nitrogens with zero attached hydrogens (tertiary/aromatic N) is 4. The van der Waals surface area contributed by atoms with Crippen molar-refractivity contribution in [3.8, 4) is 22.8 Å². The molecular weight excluding hydrogens is 448 g/mol. The van der Waals surface area contributed by atoms with E-state index < -0.39 is 0 Å². The Morgan fingerprint density at radius 2 is 1.81 bits per heavy atom. The van der Waals surface area contributed by atoms with Crippen molar-refractivity contribution < 1.29 is 4.74 Å². The van der Waals surface area contributed by atoms with Gasteiger partial charge in [-0.15, -0.1) is 0 Å². The Morgan fingerprint density at radius 3 is 2.58 bits per heavy atom. The highest BCUT2D eigenvalue weighted by Gasteiger charge is 2.25. The second kappa shape index (κ2) is 9.24. The summed E-state index contributed by atoms with van der Waals surface area (Å²) in [5.41, 5.74) is 17.3. The number of ether oxygens (including phenoxy) is 1. The lowest BCUT2D eigenvalue weighted by Gasteiger charge is -2.29. The molecule has 6 rings (SSSR count). The van der Waals surface area contributed by atoms with Gasteiger partial charge in [-0.3, -0.25) is 0 Å². The van der Waals surface area contributed by atoms with Crippen LogP contribution in [0.1, 0.15) is 37.3 Å². The first-order chi connectivity index (χ1) is 17.6. The molecule has 0 saturated heterocycles. The van der Waals surface area contributed by atoms with Crippen molar-refractivity contribution in [2.45, 2.75) is 38.6 Å². The molecule has 0 bridgehead atoms. The summed E-state index contributed by atoms with van der Waals surface area (Å²) in [6.45, 7) is 2.84. The number of benzene rings is 2. The van der Waals surface area contributed by atoms with Crippen LogP contribution in [0.3, 0.4) is 0 Å². The quantitative estimate of drug-likeness (QED) is 0.320. The van der Waals surface area contributed by atoms with E-state index in [9.17, 15) is 0 Å². The maximum absolute atomic E-state index is 6.41. The molecule has 5 aromatic rings. The molecule has 0 amide bonds. The minimum atomic E-state index is 0.380. The standard InChI is InChI=1S/C29H30N6O/c1-18-13-26(36-22-5-3-2-4-6-22)34-25-14-20(9-12-23(18)25)24-16-35(21-10-7-19(15-30)8-11-21)29-27(24)28(31)32-17-33-29/h2-6,9,12-14,16-17,19,21H,7-8,10-11,15,30H2,1H3,(H2,31,32,33). The zero-order valence-electron chi connectivity index (χ0n) is 20.4. The van der Waals surface area contributed by atoms with Crippen molar-refractivity contribution in [3.63, 3.8) is 0 Å². The average Bonchev–Trinajstić information content (AvgIpc) is 3.30. The number of aromatic nitrogens is 4. The SMILES string of the molecule is Cc1cc(Oc2ccccc2)nc2cc(-c3cn(C4CCC(CN)CC4)c4ncnc(N)c34)ccc12. The van der Waals surface area contributed by atoms with Crippen molar-refractivity contribution >= 4 is 27.8 Å². The molecule has 7 nitrogen and oxygen atoms in total. The van der Waals surface area contributed by atoms with Gasteiger partial charge in [0.05, 0.1) is 10.9 Å². The van der Waals surface area contributed by atoms with Gasteiger partial charge in [0.1, 0.15) is 23.5 Å². The molecule has 0 unspecified atom stereocenters. The number of para-hydroxylation sites is 1. The van der Waals surface area contributed by atoms with Crippen LogP contribution in [-0.4, -0.2) is 26.1 Å². The van der Waals surface area contributed by atoms with Crippen LogP contribution in [0.2, 0.25) is 0 Å². The summed E-state index contributed by atoms with van der Waals surface area (Å²) >= 11 is 0. The fourth-order valence-electron chi connectivity index (χ4n) is 5.46. The first-order valence-corrected chi connectivity index (χ1v) is 12.6. The fraction of sp³-hybridized carbons (Fsp3) is 0.276. The molecule has 0 atom stereocenters. The van der Waals surface area contributed by atoms with E-state index in [-0.39, 0.29) is 0 Å². The fourth-order valence-corrected chi connectivity index (χ4v) is 5.46. The van der Waals surface area contributed by atoms with Crippen molar-refractivity contribution in [1.82, 2.24) is 19.5 Å². The van der Waals surface area contributed by atoms with E-state index in [0.717, 1.165) is 76.6 Å². The predicted molar refractivity (Wildman–Crippen MR) is 144 cm³/mol. The topological polar surface area (TPSA) is 105 Å². The van der Waals surface area contributed by atoms with Gasteiger partial charge in [-0.05, 0) is 74.4 Å². The zero-order valence-corrected chi connectivity index (χ0v) is 20.4. The number of nitrogens with two attached hydrogens (primary N) is 2. The second-order valence-electron chi connectivity index (χ2n) is 9.74. The predicted octanol–water partition coefficient (Wildman–Crippen LogP) is 6.02. The minimum absolute atomic E-state index is 0.380. The number of rotatable bonds is 5. The van der Waals surface area contributed by atoms with E-state index in [1.54, 1.807) is 6.33 Å². The first-order valence-electron chi connectivity index (χ1n) is 12.6. The van der Waals surface area contributed by atoms with E-state index in [4.69, 9.17) is 21.2 Å². The number of hydrogen-bond acceptors (Lipinski definition) is 6. The van der Waals surface area contributed by atoms with Gasteiger partial charge >= 0.3 is 0 Å². The summed E-state index contributed by atoms with van der Waals surface area (Å²) in [6.07, 6.45) is 8.21. The number of hydrogen-bond donors (Lipinski definition) is 2. The highest BCUT2D eigenvalue weighted by Crippen LogP contribution is 2.40. The van der Waals surface area contributed by atoms with Crippen LogP contribution in [0.5, 0.6) is 11.6 Å². The molecule has 1 fully saturated rings. The highest BCUT2D eigenvalue weighted by atomic mass is 16.5. The van der Waals surface area contributed by atoms with Crippen molar-refractivity contribution in [2.24, 2.45) is 11.7 Å². The maximum Gasteiger partial charge on any atom is 0.220 e. The number of nitrogen functional groups attached to an aromatic ring is 1. The van der Waals surface area contributed by atoms with Crippen molar-refractivity contribution in [3.05, 3.63) is 72.7 Å². The van der Waals surface area contributed by atoms with Crippen LogP contribution in [0.15, 0.2) is 67.1 Å². The van der Waals surface area contributed by atoms with Gasteiger partial charge in [0.25, 0.3) is 0 Å². The van der Waals surface area contributed by atoms with E-state index in [2.05, 4.69) is 45.9 Å². The van der Waals surface area contributed by atoms with Gasteiger partial charge in [-0.1, -0.05) is 30.3 Å². The molecule has 7 heteroatoms. The lowest BCUT2D eigenvalue weighted by molar-refractivity contribution is 0.283. The first kappa shape index (κ1) is 22.5. The lowest BCUT2D eigenvalue weighted by atomic mass is 9.86. The van der Waals surface area contributed by atoms with Crippen LogP contribution in [0.25, 0.3) is 33.1 Å². The number of fused-ring (bicyclic) bond motifs is 2. The van der Waals surface area contributed by atoms with E-state index in [1.807, 2.05) is 36.4 Å². The third-order valence-electron chi connectivity index (χ3n) is 7.45. The summed E-state index contributed by atoms with van der Waals surface area (Å²) in [5.74, 6) is 2.45. The second-order valence-corrected chi connectivity index (χ2v) is 9.74. The highest BCUT2D eigenvalue weighted by molar-refractivity contribution is 6.02. The third-order valence-corrected chi connectivity index (χ3v) is 7.45. The van der Waals surface area contributed by atoms with E-state index >= 15 is 0 Å². The van der Waals surface area contributed by atoms with Gasteiger partial charge in [-0.2, -0.15) is 0 Å². The number of pyridine rings is 1. The Balaban J connectivity index is 1.43. The van der Waals surface area contributed by atoms with E-state index in [0.29, 0.717) is 23.7 Å². The largest absolute Gasteiger partial charge is 0.439 e. The summed E-state index contributed by atoms with van der Waals surface area (Å²) in [7, 11) is 0. The smallest absolute Gasteiger partial charge is 0.220 e. The summed E-state index contributed by atoms with van der Waals surface area (Å²) < 4.78 is 8.34. The molecule has 182 valence electrons. The number of aryl methyl sites for hydroxylation is 1.